The van der Waals surface area contributed by atoms with Gasteiger partial charge in [0.05, 0.1) is 20.8 Å². The Morgan fingerprint density at radius 3 is 2.20 bits per heavy atom. The maximum atomic E-state index is 12.9. The van der Waals surface area contributed by atoms with Crippen LogP contribution in [-0.2, 0) is 16.1 Å². The van der Waals surface area contributed by atoms with Crippen LogP contribution in [0.1, 0.15) is 29.0 Å². The quantitative estimate of drug-likeness (QED) is 0.313. The summed E-state index contributed by atoms with van der Waals surface area (Å²) in [6.07, 6.45) is 2.53. The molecule has 3 aromatic carbocycles. The van der Waals surface area contributed by atoms with Gasteiger partial charge in [0.2, 0.25) is 5.91 Å². The summed E-state index contributed by atoms with van der Waals surface area (Å²) in [5.74, 6) is 1.52. The molecule has 6 nitrogen and oxygen atoms in total. The van der Waals surface area contributed by atoms with Crippen molar-refractivity contribution < 1.29 is 19.0 Å². The van der Waals surface area contributed by atoms with Crippen LogP contribution in [0.5, 0.6) is 11.5 Å². The molecule has 0 spiro atoms. The summed E-state index contributed by atoms with van der Waals surface area (Å²) in [4.78, 5) is 12.9. The number of amides is 1. The molecular formula is C29H32N2O4. The minimum atomic E-state index is -0.106. The molecule has 0 aliphatic carbocycles. The molecule has 0 fully saturated rings. The number of nitrogens with zero attached hydrogens (tertiary/aromatic N) is 1. The van der Waals surface area contributed by atoms with E-state index in [1.807, 2.05) is 42.5 Å². The summed E-state index contributed by atoms with van der Waals surface area (Å²) in [6, 6.07) is 24.5. The molecule has 1 atom stereocenters. The van der Waals surface area contributed by atoms with E-state index in [2.05, 4.69) is 46.4 Å². The number of rotatable bonds is 11. The van der Waals surface area contributed by atoms with Crippen molar-refractivity contribution in [1.82, 2.24) is 9.88 Å². The van der Waals surface area contributed by atoms with Gasteiger partial charge in [-0.25, -0.2) is 0 Å². The van der Waals surface area contributed by atoms with Crippen LogP contribution >= 0.6 is 0 Å². The van der Waals surface area contributed by atoms with Crippen LogP contribution in [0.3, 0.4) is 0 Å². The molecule has 0 bridgehead atoms. The smallest absolute Gasteiger partial charge is 0.221 e. The second-order valence-electron chi connectivity index (χ2n) is 8.45. The summed E-state index contributed by atoms with van der Waals surface area (Å²) in [6.45, 7) is 1.70. The van der Waals surface area contributed by atoms with Crippen LogP contribution in [0.25, 0.3) is 10.9 Å². The summed E-state index contributed by atoms with van der Waals surface area (Å²) in [5.41, 5.74) is 4.51. The molecule has 0 radical (unpaired) electrons. The normalized spacial score (nSPS) is 11.9. The average molecular weight is 473 g/mol. The number of ether oxygens (including phenoxy) is 3. The van der Waals surface area contributed by atoms with Gasteiger partial charge in [-0.1, -0.05) is 42.5 Å². The number of nitrogens with one attached hydrogen (secondary N) is 1. The summed E-state index contributed by atoms with van der Waals surface area (Å²) in [5, 5.41) is 4.12. The number of para-hydroxylation sites is 1. The number of benzene rings is 3. The van der Waals surface area contributed by atoms with E-state index in [1.165, 1.54) is 5.56 Å². The maximum absolute atomic E-state index is 12.9. The number of hydrogen-bond acceptors (Lipinski definition) is 4. The Morgan fingerprint density at radius 2 is 1.54 bits per heavy atom. The van der Waals surface area contributed by atoms with Gasteiger partial charge in [-0.2, -0.15) is 0 Å². The molecule has 0 saturated heterocycles. The van der Waals surface area contributed by atoms with E-state index in [0.29, 0.717) is 19.6 Å². The lowest BCUT2D eigenvalue weighted by Crippen LogP contribution is -2.28. The van der Waals surface area contributed by atoms with Crippen molar-refractivity contribution in [2.24, 2.45) is 0 Å². The Labute approximate surface area is 206 Å². The van der Waals surface area contributed by atoms with Crippen molar-refractivity contribution in [3.63, 3.8) is 0 Å². The Kier molecular flexibility index (Phi) is 8.06. The molecule has 0 saturated carbocycles. The molecule has 1 aromatic heterocycles. The van der Waals surface area contributed by atoms with E-state index < -0.39 is 0 Å². The highest BCUT2D eigenvalue weighted by Gasteiger charge is 2.23. The number of fused-ring (bicyclic) bond motifs is 1. The molecule has 4 aromatic rings. The molecule has 4 rings (SSSR count). The van der Waals surface area contributed by atoms with E-state index in [1.54, 1.807) is 21.3 Å². The fraction of sp³-hybridized carbons (Fsp3) is 0.276. The Morgan fingerprint density at radius 1 is 0.886 bits per heavy atom. The van der Waals surface area contributed by atoms with Crippen LogP contribution in [0.15, 0.2) is 79.0 Å². The zero-order valence-electron chi connectivity index (χ0n) is 20.5. The van der Waals surface area contributed by atoms with Crippen molar-refractivity contribution in [2.45, 2.75) is 18.9 Å². The predicted octanol–water partition coefficient (Wildman–Crippen LogP) is 4.99. The first-order valence-electron chi connectivity index (χ1n) is 11.7. The first-order valence-corrected chi connectivity index (χ1v) is 11.7. The van der Waals surface area contributed by atoms with Crippen LogP contribution in [0.4, 0.5) is 0 Å². The number of carbonyl (C=O) groups is 1. The largest absolute Gasteiger partial charge is 0.497 e. The highest BCUT2D eigenvalue weighted by Crippen LogP contribution is 2.36. The second kappa shape index (κ2) is 11.6. The molecular weight excluding hydrogens is 440 g/mol. The lowest BCUT2D eigenvalue weighted by Gasteiger charge is -2.18. The van der Waals surface area contributed by atoms with Gasteiger partial charge in [-0.05, 0) is 47.0 Å². The standard InChI is InChI=1S/C29H32N2O4/c1-33-17-16-30-29(32)18-26(22-10-14-24(35-3)15-11-22)27-20-31(28-7-5-4-6-25(27)28)19-21-8-12-23(34-2)13-9-21/h4-15,20,26H,16-19H2,1-3H3,(H,30,32)/t26-/m1/s1. The molecule has 1 heterocycles. The second-order valence-corrected chi connectivity index (χ2v) is 8.45. The average Bonchev–Trinajstić information content (AvgIpc) is 3.26. The maximum Gasteiger partial charge on any atom is 0.221 e. The monoisotopic (exact) mass is 472 g/mol. The van der Waals surface area contributed by atoms with Crippen LogP contribution < -0.4 is 14.8 Å². The molecule has 35 heavy (non-hydrogen) atoms. The molecule has 1 N–H and O–H groups in total. The number of aromatic nitrogens is 1. The van der Waals surface area contributed by atoms with E-state index in [-0.39, 0.29) is 11.8 Å². The topological polar surface area (TPSA) is 61.7 Å². The number of methoxy groups -OCH3 is 3. The molecule has 182 valence electrons. The highest BCUT2D eigenvalue weighted by atomic mass is 16.5. The van der Waals surface area contributed by atoms with E-state index in [4.69, 9.17) is 14.2 Å². The van der Waals surface area contributed by atoms with Gasteiger partial charge in [0.15, 0.2) is 0 Å². The SMILES string of the molecule is COCCNC(=O)C[C@H](c1ccc(OC)cc1)c1cn(Cc2ccc(OC)cc2)c2ccccc12. The van der Waals surface area contributed by atoms with Crippen molar-refractivity contribution in [2.75, 3.05) is 34.5 Å². The fourth-order valence-electron chi connectivity index (χ4n) is 4.40. The lowest BCUT2D eigenvalue weighted by atomic mass is 9.88. The van der Waals surface area contributed by atoms with Gasteiger partial charge >= 0.3 is 0 Å². The lowest BCUT2D eigenvalue weighted by molar-refractivity contribution is -0.121. The van der Waals surface area contributed by atoms with Crippen LogP contribution in [0, 0.1) is 0 Å². The van der Waals surface area contributed by atoms with Gasteiger partial charge in [0.1, 0.15) is 11.5 Å². The highest BCUT2D eigenvalue weighted by molar-refractivity contribution is 5.86. The first kappa shape index (κ1) is 24.4. The predicted molar refractivity (Wildman–Crippen MR) is 138 cm³/mol. The van der Waals surface area contributed by atoms with Crippen molar-refractivity contribution in [3.05, 3.63) is 95.7 Å². The van der Waals surface area contributed by atoms with Crippen molar-refractivity contribution in [1.29, 1.82) is 0 Å². The van der Waals surface area contributed by atoms with Gasteiger partial charge in [-0.3, -0.25) is 4.79 Å². The van der Waals surface area contributed by atoms with Crippen LogP contribution in [-0.4, -0.2) is 45.0 Å². The van der Waals surface area contributed by atoms with Gasteiger partial charge in [0, 0.05) is 49.6 Å². The van der Waals surface area contributed by atoms with Gasteiger partial charge in [-0.15, -0.1) is 0 Å². The van der Waals surface area contributed by atoms with Gasteiger partial charge in [0.25, 0.3) is 0 Å². The first-order chi connectivity index (χ1) is 17.1. The molecule has 6 heteroatoms. The van der Waals surface area contributed by atoms with Crippen LogP contribution in [0.2, 0.25) is 0 Å². The third-order valence-electron chi connectivity index (χ3n) is 6.24. The number of hydrogen-bond donors (Lipinski definition) is 1. The molecule has 1 amide bonds. The zero-order valence-corrected chi connectivity index (χ0v) is 20.5. The Balaban J connectivity index is 1.72. The Hall–Kier alpha value is -3.77. The molecule has 0 aliphatic heterocycles. The fourth-order valence-corrected chi connectivity index (χ4v) is 4.40. The molecule has 0 unspecified atom stereocenters. The summed E-state index contributed by atoms with van der Waals surface area (Å²) in [7, 11) is 4.96. The minimum Gasteiger partial charge on any atom is -0.497 e. The van der Waals surface area contributed by atoms with Crippen molar-refractivity contribution in [3.8, 4) is 11.5 Å². The number of carbonyl (C=O) groups excluding carboxylic acids is 1. The Bertz CT molecular complexity index is 1250. The summed E-state index contributed by atoms with van der Waals surface area (Å²) < 4.78 is 18.0. The zero-order chi connectivity index (χ0) is 24.6. The molecule has 0 aliphatic rings. The van der Waals surface area contributed by atoms with E-state index in [0.717, 1.165) is 40.1 Å². The van der Waals surface area contributed by atoms with Gasteiger partial charge < -0.3 is 24.1 Å². The van der Waals surface area contributed by atoms with E-state index in [9.17, 15) is 4.79 Å². The van der Waals surface area contributed by atoms with Crippen molar-refractivity contribution >= 4 is 16.8 Å². The third kappa shape index (κ3) is 5.84. The van der Waals surface area contributed by atoms with E-state index >= 15 is 0 Å². The minimum absolute atomic E-state index is 0.00477. The third-order valence-corrected chi connectivity index (χ3v) is 6.24. The summed E-state index contributed by atoms with van der Waals surface area (Å²) >= 11 is 0.